The molecule has 2 bridgehead atoms. The molecule has 27 heavy (non-hydrogen) atoms. The molecular formula is C20H15ClNO5-. The predicted octanol–water partition coefficient (Wildman–Crippen LogP) is 2.39. The van der Waals surface area contributed by atoms with Crippen molar-refractivity contribution in [3.8, 4) is 11.5 Å². The lowest BCUT2D eigenvalue weighted by Gasteiger charge is -2.25. The maximum Gasteiger partial charge on any atom is 0.231 e. The molecule has 0 unspecified atom stereocenters. The molecule has 1 saturated heterocycles. The number of rotatable bonds is 5. The monoisotopic (exact) mass is 384 g/mol. The lowest BCUT2D eigenvalue weighted by atomic mass is 9.82. The molecule has 2 aliphatic rings. The molecule has 1 N–H and O–H groups in total. The summed E-state index contributed by atoms with van der Waals surface area (Å²) in [7, 11) is 0. The van der Waals surface area contributed by atoms with Gasteiger partial charge in [-0.15, -0.1) is 0 Å². The second-order valence-corrected chi connectivity index (χ2v) is 6.83. The van der Waals surface area contributed by atoms with Crippen LogP contribution in [0.3, 0.4) is 0 Å². The van der Waals surface area contributed by atoms with Gasteiger partial charge in [0.1, 0.15) is 11.5 Å². The van der Waals surface area contributed by atoms with E-state index in [9.17, 15) is 14.7 Å². The third kappa shape index (κ3) is 3.54. The van der Waals surface area contributed by atoms with Crippen molar-refractivity contribution in [2.75, 3.05) is 5.32 Å². The highest BCUT2D eigenvalue weighted by Gasteiger charge is 2.50. The van der Waals surface area contributed by atoms with Crippen LogP contribution in [0.5, 0.6) is 11.5 Å². The predicted molar refractivity (Wildman–Crippen MR) is 96.4 cm³/mol. The van der Waals surface area contributed by atoms with Crippen LogP contribution in [0.15, 0.2) is 60.7 Å². The molecule has 1 fully saturated rings. The summed E-state index contributed by atoms with van der Waals surface area (Å²) in [6.45, 7) is 0. The Morgan fingerprint density at radius 2 is 1.48 bits per heavy atom. The minimum Gasteiger partial charge on any atom is -0.550 e. The Morgan fingerprint density at radius 3 is 2.07 bits per heavy atom. The number of amides is 1. The van der Waals surface area contributed by atoms with Crippen LogP contribution in [0.2, 0.25) is 5.02 Å². The summed E-state index contributed by atoms with van der Waals surface area (Å²) in [6.07, 6.45) is 2.24. The smallest absolute Gasteiger partial charge is 0.231 e. The molecule has 0 spiro atoms. The second kappa shape index (κ2) is 7.06. The number of ether oxygens (including phenoxy) is 2. The quantitative estimate of drug-likeness (QED) is 0.800. The van der Waals surface area contributed by atoms with Crippen LogP contribution in [0, 0.1) is 11.8 Å². The number of anilines is 1. The summed E-state index contributed by atoms with van der Waals surface area (Å²) >= 11 is 5.84. The summed E-state index contributed by atoms with van der Waals surface area (Å²) < 4.78 is 11.2. The van der Waals surface area contributed by atoms with Gasteiger partial charge >= 0.3 is 0 Å². The van der Waals surface area contributed by atoms with E-state index < -0.39 is 35.9 Å². The van der Waals surface area contributed by atoms with E-state index in [1.165, 1.54) is 0 Å². The second-order valence-electron chi connectivity index (χ2n) is 6.39. The summed E-state index contributed by atoms with van der Waals surface area (Å²) in [6, 6.07) is 13.7. The van der Waals surface area contributed by atoms with E-state index in [0.29, 0.717) is 22.2 Å². The zero-order valence-electron chi connectivity index (χ0n) is 14.0. The molecule has 4 rings (SSSR count). The lowest BCUT2D eigenvalue weighted by molar-refractivity contribution is -0.313. The minimum atomic E-state index is -1.28. The molecule has 2 aromatic carbocycles. The van der Waals surface area contributed by atoms with Gasteiger partial charge in [0.15, 0.2) is 0 Å². The number of hydrogen-bond acceptors (Lipinski definition) is 5. The van der Waals surface area contributed by atoms with E-state index in [0.717, 1.165) is 0 Å². The number of carbonyl (C=O) groups is 2. The van der Waals surface area contributed by atoms with E-state index in [4.69, 9.17) is 21.1 Å². The van der Waals surface area contributed by atoms with Crippen molar-refractivity contribution in [1.29, 1.82) is 0 Å². The number of benzene rings is 2. The molecule has 6 nitrogen and oxygen atoms in total. The number of nitrogens with one attached hydrogen (secondary N) is 1. The van der Waals surface area contributed by atoms with Crippen molar-refractivity contribution in [3.63, 3.8) is 0 Å². The molecule has 0 aliphatic carbocycles. The van der Waals surface area contributed by atoms with Gasteiger partial charge in [-0.25, -0.2) is 0 Å². The number of carbonyl (C=O) groups excluding carboxylic acids is 2. The Labute approximate surface area is 160 Å². The Kier molecular flexibility index (Phi) is 4.59. The van der Waals surface area contributed by atoms with Gasteiger partial charge < -0.3 is 24.7 Å². The molecule has 0 saturated carbocycles. The van der Waals surface area contributed by atoms with Crippen LogP contribution in [-0.2, 0) is 14.3 Å². The van der Waals surface area contributed by atoms with Crippen molar-refractivity contribution in [3.05, 3.63) is 65.7 Å². The van der Waals surface area contributed by atoms with Crippen LogP contribution >= 0.6 is 11.6 Å². The first-order valence-electron chi connectivity index (χ1n) is 8.40. The Balaban J connectivity index is 1.42. The van der Waals surface area contributed by atoms with Crippen molar-refractivity contribution < 1.29 is 24.2 Å². The number of carboxylic acids is 1. The first-order valence-corrected chi connectivity index (χ1v) is 8.78. The van der Waals surface area contributed by atoms with Crippen LogP contribution in [0.1, 0.15) is 0 Å². The highest BCUT2D eigenvalue weighted by Crippen LogP contribution is 2.39. The largest absolute Gasteiger partial charge is 0.550 e. The van der Waals surface area contributed by atoms with E-state index in [2.05, 4.69) is 5.32 Å². The first kappa shape index (κ1) is 17.6. The van der Waals surface area contributed by atoms with Gasteiger partial charge in [0.05, 0.1) is 18.1 Å². The lowest BCUT2D eigenvalue weighted by Crippen LogP contribution is -2.45. The van der Waals surface area contributed by atoms with Crippen molar-refractivity contribution in [2.24, 2.45) is 11.8 Å². The zero-order valence-corrected chi connectivity index (χ0v) is 14.8. The molecule has 1 amide bonds. The average molecular weight is 385 g/mol. The van der Waals surface area contributed by atoms with Gasteiger partial charge in [0, 0.05) is 22.6 Å². The third-order valence-electron chi connectivity index (χ3n) is 4.65. The van der Waals surface area contributed by atoms with Crippen LogP contribution in [0.4, 0.5) is 5.69 Å². The van der Waals surface area contributed by atoms with E-state index in [-0.39, 0.29) is 0 Å². The standard InChI is InChI=1S/C20H16ClNO5/c21-11-1-5-13(6-2-11)26-14-7-3-12(4-8-14)22-19(23)17-15-9-10-16(27-15)18(17)20(24)25/h1-10,15-18H,(H,22,23)(H,24,25)/p-1/t15-,16+,17-,18-/m0/s1. The molecule has 0 radical (unpaired) electrons. The van der Waals surface area contributed by atoms with Gasteiger partial charge in [0.25, 0.3) is 0 Å². The van der Waals surface area contributed by atoms with E-state index in [1.807, 2.05) is 0 Å². The Bertz CT molecular complexity index is 894. The highest BCUT2D eigenvalue weighted by atomic mass is 35.5. The average Bonchev–Trinajstić information content (AvgIpc) is 3.26. The zero-order chi connectivity index (χ0) is 19.0. The van der Waals surface area contributed by atoms with Gasteiger partial charge in [-0.3, -0.25) is 4.79 Å². The van der Waals surface area contributed by atoms with E-state index >= 15 is 0 Å². The molecule has 2 heterocycles. The number of hydrogen-bond donors (Lipinski definition) is 1. The molecule has 0 aromatic heterocycles. The van der Waals surface area contributed by atoms with E-state index in [1.54, 1.807) is 60.7 Å². The molecule has 138 valence electrons. The Hall–Kier alpha value is -2.83. The van der Waals surface area contributed by atoms with Crippen LogP contribution < -0.4 is 15.2 Å². The van der Waals surface area contributed by atoms with Crippen molar-refractivity contribution in [1.82, 2.24) is 0 Å². The Morgan fingerprint density at radius 1 is 0.926 bits per heavy atom. The van der Waals surface area contributed by atoms with Crippen LogP contribution in [-0.4, -0.2) is 24.1 Å². The topological polar surface area (TPSA) is 87.7 Å². The van der Waals surface area contributed by atoms with Gasteiger partial charge in [-0.05, 0) is 48.5 Å². The number of aliphatic carboxylic acids is 1. The number of fused-ring (bicyclic) bond motifs is 2. The molecule has 2 aromatic rings. The van der Waals surface area contributed by atoms with Gasteiger partial charge in [0.2, 0.25) is 5.91 Å². The molecule has 4 atom stereocenters. The fraction of sp³-hybridized carbons (Fsp3) is 0.200. The summed E-state index contributed by atoms with van der Waals surface area (Å²) in [4.78, 5) is 23.9. The normalized spacial score (nSPS) is 25.4. The maximum absolute atomic E-state index is 12.6. The summed E-state index contributed by atoms with van der Waals surface area (Å²) in [5.74, 6) is -2.25. The van der Waals surface area contributed by atoms with Crippen molar-refractivity contribution >= 4 is 29.2 Å². The minimum absolute atomic E-state index is 0.410. The summed E-state index contributed by atoms with van der Waals surface area (Å²) in [5, 5.41) is 14.7. The summed E-state index contributed by atoms with van der Waals surface area (Å²) in [5.41, 5.74) is 0.535. The molecular weight excluding hydrogens is 370 g/mol. The number of halogens is 1. The van der Waals surface area contributed by atoms with Crippen molar-refractivity contribution in [2.45, 2.75) is 12.2 Å². The fourth-order valence-corrected chi connectivity index (χ4v) is 3.50. The third-order valence-corrected chi connectivity index (χ3v) is 4.90. The first-order chi connectivity index (χ1) is 13.0. The molecule has 7 heteroatoms. The number of carboxylic acid groups (broad SMARTS) is 1. The maximum atomic E-state index is 12.6. The fourth-order valence-electron chi connectivity index (χ4n) is 3.37. The van der Waals surface area contributed by atoms with Gasteiger partial charge in [-0.1, -0.05) is 23.8 Å². The van der Waals surface area contributed by atoms with Crippen LogP contribution in [0.25, 0.3) is 0 Å². The SMILES string of the molecule is O=C(Nc1ccc(Oc2ccc(Cl)cc2)cc1)[C@@H]1[C@@H](C(=O)[O-])[C@H]2C=C[C@@H]1O2. The molecule has 2 aliphatic heterocycles. The van der Waals surface area contributed by atoms with Gasteiger partial charge in [-0.2, -0.15) is 0 Å². The highest BCUT2D eigenvalue weighted by molar-refractivity contribution is 6.30.